The highest BCUT2D eigenvalue weighted by molar-refractivity contribution is 6.39. The summed E-state index contributed by atoms with van der Waals surface area (Å²) in [6.07, 6.45) is 1.35. The molecule has 0 radical (unpaired) electrons. The first-order valence-electron chi connectivity index (χ1n) is 8.79. The van der Waals surface area contributed by atoms with Crippen molar-refractivity contribution in [1.82, 2.24) is 5.32 Å². The summed E-state index contributed by atoms with van der Waals surface area (Å²) < 4.78 is 21.0. The number of ether oxygens (including phenoxy) is 4. The minimum Gasteiger partial charge on any atom is -0.497 e. The Morgan fingerprint density at radius 1 is 0.867 bits per heavy atom. The lowest BCUT2D eigenvalue weighted by Gasteiger charge is -2.26. The van der Waals surface area contributed by atoms with Crippen LogP contribution in [0.3, 0.4) is 0 Å². The van der Waals surface area contributed by atoms with Crippen molar-refractivity contribution in [3.63, 3.8) is 0 Å². The molecular weight excluding hydrogens is 392 g/mol. The summed E-state index contributed by atoms with van der Waals surface area (Å²) in [5, 5.41) is 2.18. The van der Waals surface area contributed by atoms with Crippen LogP contribution in [0.15, 0.2) is 42.0 Å². The molecule has 0 spiro atoms. The first-order chi connectivity index (χ1) is 14.4. The minimum atomic E-state index is -0.847. The van der Waals surface area contributed by atoms with Gasteiger partial charge in [-0.05, 0) is 35.9 Å². The minimum absolute atomic E-state index is 0.230. The van der Waals surface area contributed by atoms with E-state index in [9.17, 15) is 14.4 Å². The van der Waals surface area contributed by atoms with Gasteiger partial charge in [0.05, 0.1) is 34.1 Å². The molecule has 0 aliphatic carbocycles. The number of rotatable bonds is 6. The predicted octanol–water partition coefficient (Wildman–Crippen LogP) is 2.39. The van der Waals surface area contributed by atoms with E-state index in [1.54, 1.807) is 30.3 Å². The lowest BCUT2D eigenvalue weighted by atomic mass is 10.1. The fourth-order valence-electron chi connectivity index (χ4n) is 2.99. The van der Waals surface area contributed by atoms with Crippen LogP contribution in [-0.4, -0.2) is 46.3 Å². The van der Waals surface area contributed by atoms with Crippen molar-refractivity contribution in [2.24, 2.45) is 0 Å². The zero-order valence-corrected chi connectivity index (χ0v) is 16.8. The number of hydrogen-bond donors (Lipinski definition) is 1. The summed E-state index contributed by atoms with van der Waals surface area (Å²) in [6, 6.07) is 8.71. The van der Waals surface area contributed by atoms with Crippen LogP contribution in [0.1, 0.15) is 5.56 Å². The Morgan fingerprint density at radius 2 is 1.53 bits per heavy atom. The van der Waals surface area contributed by atoms with Crippen molar-refractivity contribution in [2.75, 3.05) is 33.3 Å². The number of barbiturate groups is 1. The summed E-state index contributed by atoms with van der Waals surface area (Å²) >= 11 is 0. The Morgan fingerprint density at radius 3 is 2.10 bits per heavy atom. The van der Waals surface area contributed by atoms with Crippen molar-refractivity contribution < 1.29 is 33.3 Å². The third-order valence-electron chi connectivity index (χ3n) is 4.41. The molecule has 1 saturated heterocycles. The standard InChI is InChI=1S/C21H20N2O7/c1-27-14-7-5-6-13(11-14)23-20(25)15(19(24)22-21(23)26)8-12-9-16(28-2)18(30-4)17(10-12)29-3/h5-11H,1-4H3,(H,22,24,26). The molecule has 9 nitrogen and oxygen atoms in total. The largest absolute Gasteiger partial charge is 0.497 e. The fourth-order valence-corrected chi connectivity index (χ4v) is 2.99. The number of methoxy groups -OCH3 is 4. The molecule has 1 N–H and O–H groups in total. The topological polar surface area (TPSA) is 103 Å². The average Bonchev–Trinajstić information content (AvgIpc) is 2.75. The number of anilines is 1. The molecule has 0 unspecified atom stereocenters. The highest BCUT2D eigenvalue weighted by atomic mass is 16.5. The lowest BCUT2D eigenvalue weighted by Crippen LogP contribution is -2.54. The van der Waals surface area contributed by atoms with E-state index in [0.29, 0.717) is 28.6 Å². The summed E-state index contributed by atoms with van der Waals surface area (Å²) in [4.78, 5) is 38.6. The maximum Gasteiger partial charge on any atom is 0.335 e. The molecule has 9 heteroatoms. The first kappa shape index (κ1) is 20.7. The number of carbonyl (C=O) groups is 3. The van der Waals surface area contributed by atoms with Crippen LogP contribution in [-0.2, 0) is 9.59 Å². The molecule has 2 aromatic carbocycles. The zero-order chi connectivity index (χ0) is 21.8. The normalized spacial score (nSPS) is 15.1. The number of hydrogen-bond acceptors (Lipinski definition) is 7. The van der Waals surface area contributed by atoms with Gasteiger partial charge in [0.1, 0.15) is 11.3 Å². The molecule has 30 heavy (non-hydrogen) atoms. The third kappa shape index (κ3) is 3.77. The Hall–Kier alpha value is -4.01. The van der Waals surface area contributed by atoms with Gasteiger partial charge in [-0.1, -0.05) is 6.07 Å². The number of amides is 4. The number of nitrogens with one attached hydrogen (secondary N) is 1. The van der Waals surface area contributed by atoms with Crippen molar-refractivity contribution in [1.29, 1.82) is 0 Å². The monoisotopic (exact) mass is 412 g/mol. The van der Waals surface area contributed by atoms with E-state index in [-0.39, 0.29) is 11.3 Å². The van der Waals surface area contributed by atoms with Crippen LogP contribution in [0.25, 0.3) is 6.08 Å². The molecule has 0 atom stereocenters. The average molecular weight is 412 g/mol. The Bertz CT molecular complexity index is 1020. The molecular formula is C21H20N2O7. The number of carbonyl (C=O) groups excluding carboxylic acids is 3. The molecule has 4 amide bonds. The SMILES string of the molecule is COc1cccc(N2C(=O)NC(=O)C(=Cc3cc(OC)c(OC)c(OC)c3)C2=O)c1. The highest BCUT2D eigenvalue weighted by Crippen LogP contribution is 2.39. The van der Waals surface area contributed by atoms with Crippen molar-refractivity contribution in [3.05, 3.63) is 47.5 Å². The van der Waals surface area contributed by atoms with E-state index >= 15 is 0 Å². The van der Waals surface area contributed by atoms with Gasteiger partial charge in [-0.15, -0.1) is 0 Å². The third-order valence-corrected chi connectivity index (χ3v) is 4.41. The molecule has 0 saturated carbocycles. The Kier molecular flexibility index (Phi) is 5.91. The molecule has 156 valence electrons. The first-order valence-corrected chi connectivity index (χ1v) is 8.79. The molecule has 0 aromatic heterocycles. The second-order valence-corrected chi connectivity index (χ2v) is 6.12. The van der Waals surface area contributed by atoms with Gasteiger partial charge in [-0.25, -0.2) is 9.69 Å². The number of urea groups is 1. The summed E-state index contributed by atoms with van der Waals surface area (Å²) in [6.45, 7) is 0. The highest BCUT2D eigenvalue weighted by Gasteiger charge is 2.37. The van der Waals surface area contributed by atoms with Gasteiger partial charge in [0, 0.05) is 6.07 Å². The summed E-state index contributed by atoms with van der Waals surface area (Å²) in [7, 11) is 5.84. The molecule has 2 aromatic rings. The van der Waals surface area contributed by atoms with Crippen molar-refractivity contribution >= 4 is 29.6 Å². The predicted molar refractivity (Wildman–Crippen MR) is 108 cm³/mol. The van der Waals surface area contributed by atoms with Crippen molar-refractivity contribution in [3.8, 4) is 23.0 Å². The Labute approximate surface area is 172 Å². The second-order valence-electron chi connectivity index (χ2n) is 6.12. The quantitative estimate of drug-likeness (QED) is 0.574. The fraction of sp³-hybridized carbons (Fsp3) is 0.190. The van der Waals surface area contributed by atoms with E-state index in [0.717, 1.165) is 4.90 Å². The molecule has 1 aliphatic heterocycles. The lowest BCUT2D eigenvalue weighted by molar-refractivity contribution is -0.122. The maximum atomic E-state index is 13.0. The van der Waals surface area contributed by atoms with Gasteiger partial charge in [-0.2, -0.15) is 0 Å². The Balaban J connectivity index is 2.06. The molecule has 1 aliphatic rings. The van der Waals surface area contributed by atoms with Crippen LogP contribution in [0.4, 0.5) is 10.5 Å². The van der Waals surface area contributed by atoms with Crippen LogP contribution in [0.2, 0.25) is 0 Å². The van der Waals surface area contributed by atoms with Gasteiger partial charge in [0.2, 0.25) is 5.75 Å². The van der Waals surface area contributed by atoms with Crippen molar-refractivity contribution in [2.45, 2.75) is 0 Å². The zero-order valence-electron chi connectivity index (χ0n) is 16.8. The van der Waals surface area contributed by atoms with E-state index in [2.05, 4.69) is 5.32 Å². The van der Waals surface area contributed by atoms with Gasteiger partial charge in [0.15, 0.2) is 11.5 Å². The number of benzene rings is 2. The van der Waals surface area contributed by atoms with Crippen LogP contribution < -0.4 is 29.2 Å². The van der Waals surface area contributed by atoms with Crippen LogP contribution in [0, 0.1) is 0 Å². The van der Waals surface area contributed by atoms with E-state index in [4.69, 9.17) is 18.9 Å². The molecule has 0 bridgehead atoms. The van der Waals surface area contributed by atoms with E-state index in [1.807, 2.05) is 0 Å². The molecule has 3 rings (SSSR count). The second kappa shape index (κ2) is 8.56. The van der Waals surface area contributed by atoms with Gasteiger partial charge >= 0.3 is 6.03 Å². The maximum absolute atomic E-state index is 13.0. The summed E-state index contributed by atoms with van der Waals surface area (Å²) in [5.41, 5.74) is 0.481. The van der Waals surface area contributed by atoms with E-state index < -0.39 is 17.8 Å². The van der Waals surface area contributed by atoms with Gasteiger partial charge < -0.3 is 18.9 Å². The number of imide groups is 2. The smallest absolute Gasteiger partial charge is 0.335 e. The van der Waals surface area contributed by atoms with Crippen LogP contribution >= 0.6 is 0 Å². The number of nitrogens with zero attached hydrogens (tertiary/aromatic N) is 1. The van der Waals surface area contributed by atoms with Gasteiger partial charge in [-0.3, -0.25) is 14.9 Å². The molecule has 1 fully saturated rings. The summed E-state index contributed by atoms with van der Waals surface area (Å²) in [5.74, 6) is -0.0419. The van der Waals surface area contributed by atoms with E-state index in [1.165, 1.54) is 40.6 Å². The van der Waals surface area contributed by atoms with Crippen LogP contribution in [0.5, 0.6) is 23.0 Å². The molecule has 1 heterocycles. The van der Waals surface area contributed by atoms with Gasteiger partial charge in [0.25, 0.3) is 11.8 Å².